The van der Waals surface area contributed by atoms with Crippen molar-refractivity contribution in [2.45, 2.75) is 20.3 Å². The van der Waals surface area contributed by atoms with Gasteiger partial charge in [0.2, 0.25) is 5.41 Å². The van der Waals surface area contributed by atoms with Crippen LogP contribution in [0.4, 0.5) is 0 Å². The van der Waals surface area contributed by atoms with Gasteiger partial charge in [-0.05, 0) is 42.7 Å². The molecule has 1 aliphatic rings. The van der Waals surface area contributed by atoms with Crippen molar-refractivity contribution in [1.29, 1.82) is 0 Å². The Morgan fingerprint density at radius 1 is 1.04 bits per heavy atom. The highest BCUT2D eigenvalue weighted by atomic mass is 79.9. The van der Waals surface area contributed by atoms with E-state index in [2.05, 4.69) is 21.7 Å². The Morgan fingerprint density at radius 3 is 2.29 bits per heavy atom. The minimum absolute atomic E-state index is 0.178. The number of benzene rings is 2. The van der Waals surface area contributed by atoms with Crippen LogP contribution in [0, 0.1) is 5.41 Å². The average molecular weight is 441 g/mol. The van der Waals surface area contributed by atoms with E-state index in [9.17, 15) is 9.59 Å². The van der Waals surface area contributed by atoms with E-state index in [0.29, 0.717) is 5.57 Å². The molecule has 0 N–H and O–H groups in total. The average Bonchev–Trinajstić information content (AvgIpc) is 3.03. The fraction of sp³-hybridized carbons (Fsp3) is 0.261. The Kier molecular flexibility index (Phi) is 6.18. The molecule has 0 fully saturated rings. The number of carbonyl (C=O) groups is 2. The van der Waals surface area contributed by atoms with Crippen LogP contribution in [0.3, 0.4) is 0 Å². The number of esters is 2. The first-order valence-electron chi connectivity index (χ1n) is 9.19. The normalized spacial score (nSPS) is 14.0. The molecule has 144 valence electrons. The number of fused-ring (bicyclic) bond motifs is 1. The summed E-state index contributed by atoms with van der Waals surface area (Å²) in [6.07, 6.45) is 1.97. The number of carbonyl (C=O) groups excluding carboxylic acids is 2. The first-order chi connectivity index (χ1) is 13.5. The third kappa shape index (κ3) is 3.56. The van der Waals surface area contributed by atoms with E-state index in [1.165, 1.54) is 0 Å². The highest BCUT2D eigenvalue weighted by Crippen LogP contribution is 2.48. The fourth-order valence-corrected chi connectivity index (χ4v) is 3.80. The molecule has 0 unspecified atom stereocenters. The Morgan fingerprint density at radius 2 is 1.64 bits per heavy atom. The lowest BCUT2D eigenvalue weighted by Gasteiger charge is -2.25. The second-order valence-electron chi connectivity index (χ2n) is 6.37. The molecule has 5 heteroatoms. The first kappa shape index (κ1) is 20.1. The zero-order valence-corrected chi connectivity index (χ0v) is 17.4. The maximum atomic E-state index is 13.0. The molecular formula is C23H21BrO4. The standard InChI is InChI=1S/C23H21BrO4/c1-3-27-21(25)23(22(26)28-4-2)15-17-10-5-7-11-18(17)19(23)14-13-16-9-6-8-12-20(16)24/h5-13H,3-4,15H2,1-2H3. The van der Waals surface area contributed by atoms with Crippen molar-refractivity contribution in [1.82, 2.24) is 0 Å². The van der Waals surface area contributed by atoms with E-state index in [-0.39, 0.29) is 19.6 Å². The molecule has 3 rings (SSSR count). The summed E-state index contributed by atoms with van der Waals surface area (Å²) in [5.41, 5.74) is 4.76. The number of hydrogen-bond acceptors (Lipinski definition) is 4. The molecule has 0 atom stereocenters. The Labute approximate surface area is 173 Å². The summed E-state index contributed by atoms with van der Waals surface area (Å²) >= 11 is 3.51. The summed E-state index contributed by atoms with van der Waals surface area (Å²) in [4.78, 5) is 26.1. The van der Waals surface area contributed by atoms with Gasteiger partial charge < -0.3 is 9.47 Å². The van der Waals surface area contributed by atoms with Crippen molar-refractivity contribution in [3.63, 3.8) is 0 Å². The topological polar surface area (TPSA) is 52.6 Å². The van der Waals surface area contributed by atoms with Gasteiger partial charge in [-0.3, -0.25) is 9.59 Å². The molecular weight excluding hydrogens is 420 g/mol. The van der Waals surface area contributed by atoms with E-state index in [4.69, 9.17) is 9.47 Å². The predicted octanol–water partition coefficient (Wildman–Crippen LogP) is 4.81. The number of hydrogen-bond donors (Lipinski definition) is 0. The maximum Gasteiger partial charge on any atom is 0.329 e. The van der Waals surface area contributed by atoms with Crippen molar-refractivity contribution in [2.75, 3.05) is 13.2 Å². The van der Waals surface area contributed by atoms with E-state index in [0.717, 1.165) is 21.2 Å². The van der Waals surface area contributed by atoms with Crippen molar-refractivity contribution in [2.24, 2.45) is 5.41 Å². The summed E-state index contributed by atoms with van der Waals surface area (Å²) in [5, 5.41) is 0. The van der Waals surface area contributed by atoms with Crippen molar-refractivity contribution in [3.8, 4) is 0 Å². The molecule has 0 heterocycles. The van der Waals surface area contributed by atoms with Crippen LogP contribution in [0.1, 0.15) is 30.5 Å². The van der Waals surface area contributed by atoms with Crippen LogP contribution in [-0.4, -0.2) is 25.2 Å². The molecule has 0 spiro atoms. The van der Waals surface area contributed by atoms with Gasteiger partial charge in [-0.25, -0.2) is 0 Å². The highest BCUT2D eigenvalue weighted by Gasteiger charge is 2.56. The van der Waals surface area contributed by atoms with Crippen molar-refractivity contribution >= 4 is 39.5 Å². The van der Waals surface area contributed by atoms with Gasteiger partial charge in [0, 0.05) is 16.5 Å². The van der Waals surface area contributed by atoms with Gasteiger partial charge in [-0.2, -0.15) is 0 Å². The molecule has 0 bridgehead atoms. The summed E-state index contributed by atoms with van der Waals surface area (Å²) < 4.78 is 11.5. The third-order valence-electron chi connectivity index (χ3n) is 4.69. The molecule has 4 nitrogen and oxygen atoms in total. The van der Waals surface area contributed by atoms with Gasteiger partial charge in [0.1, 0.15) is 0 Å². The van der Waals surface area contributed by atoms with Crippen LogP contribution in [0.25, 0.3) is 11.6 Å². The summed E-state index contributed by atoms with van der Waals surface area (Å²) in [7, 11) is 0. The molecule has 0 amide bonds. The van der Waals surface area contributed by atoms with Crippen LogP contribution in [0.5, 0.6) is 0 Å². The minimum Gasteiger partial charge on any atom is -0.465 e. The second kappa shape index (κ2) is 8.59. The van der Waals surface area contributed by atoms with Crippen molar-refractivity contribution in [3.05, 3.63) is 75.4 Å². The monoisotopic (exact) mass is 440 g/mol. The molecule has 0 aromatic heterocycles. The van der Waals surface area contributed by atoms with Crippen LogP contribution in [0.15, 0.2) is 58.7 Å². The van der Waals surface area contributed by atoms with Gasteiger partial charge in [-0.1, -0.05) is 58.4 Å². The number of ether oxygens (including phenoxy) is 2. The largest absolute Gasteiger partial charge is 0.465 e. The smallest absolute Gasteiger partial charge is 0.329 e. The molecule has 0 aliphatic heterocycles. The van der Waals surface area contributed by atoms with Crippen LogP contribution >= 0.6 is 15.9 Å². The van der Waals surface area contributed by atoms with Gasteiger partial charge in [0.25, 0.3) is 0 Å². The molecule has 2 aromatic rings. The molecule has 0 radical (unpaired) electrons. The second-order valence-corrected chi connectivity index (χ2v) is 7.22. The summed E-state index contributed by atoms with van der Waals surface area (Å²) in [6.45, 7) is 3.80. The Bertz CT molecular complexity index is 952. The molecule has 0 saturated carbocycles. The molecule has 0 saturated heterocycles. The minimum atomic E-state index is -1.55. The molecule has 2 aromatic carbocycles. The van der Waals surface area contributed by atoms with E-state index in [1.807, 2.05) is 48.5 Å². The maximum absolute atomic E-state index is 13.0. The SMILES string of the molecule is CCOC(=O)C1(C(=O)OCC)Cc2ccccc2C1=C=Cc1ccccc1Br. The summed E-state index contributed by atoms with van der Waals surface area (Å²) in [5.74, 6) is -1.21. The van der Waals surface area contributed by atoms with Gasteiger partial charge >= 0.3 is 11.9 Å². The lowest BCUT2D eigenvalue weighted by Crippen LogP contribution is -2.42. The van der Waals surface area contributed by atoms with Crippen LogP contribution < -0.4 is 0 Å². The van der Waals surface area contributed by atoms with Crippen molar-refractivity contribution < 1.29 is 19.1 Å². The zero-order chi connectivity index (χ0) is 20.1. The lowest BCUT2D eigenvalue weighted by molar-refractivity contribution is -0.166. The predicted molar refractivity (Wildman–Crippen MR) is 111 cm³/mol. The van der Waals surface area contributed by atoms with E-state index >= 15 is 0 Å². The van der Waals surface area contributed by atoms with Gasteiger partial charge in [0.05, 0.1) is 13.2 Å². The highest BCUT2D eigenvalue weighted by molar-refractivity contribution is 9.10. The molecule has 28 heavy (non-hydrogen) atoms. The van der Waals surface area contributed by atoms with Gasteiger partial charge in [0.15, 0.2) is 0 Å². The summed E-state index contributed by atoms with van der Waals surface area (Å²) in [6, 6.07) is 15.3. The van der Waals surface area contributed by atoms with Crippen LogP contribution in [-0.2, 0) is 25.5 Å². The van der Waals surface area contributed by atoms with E-state index < -0.39 is 17.4 Å². The molecule has 1 aliphatic carbocycles. The van der Waals surface area contributed by atoms with E-state index in [1.54, 1.807) is 19.9 Å². The first-order valence-corrected chi connectivity index (χ1v) is 9.98. The quantitative estimate of drug-likeness (QED) is 0.380. The lowest BCUT2D eigenvalue weighted by atomic mass is 9.80. The Balaban J connectivity index is 2.25. The number of halogens is 1. The third-order valence-corrected chi connectivity index (χ3v) is 5.42. The zero-order valence-electron chi connectivity index (χ0n) is 15.8. The van der Waals surface area contributed by atoms with Gasteiger partial charge in [-0.15, -0.1) is 5.73 Å². The number of rotatable bonds is 5. The van der Waals surface area contributed by atoms with Crippen LogP contribution in [0.2, 0.25) is 0 Å². The fourth-order valence-electron chi connectivity index (χ4n) is 3.41. The Hall–Kier alpha value is -2.62.